The fraction of sp³-hybridized carbons (Fsp3) is 0.444. The summed E-state index contributed by atoms with van der Waals surface area (Å²) in [4.78, 5) is 12.4. The molecule has 4 unspecified atom stereocenters. The van der Waals surface area contributed by atoms with Gasteiger partial charge in [-0.2, -0.15) is 18.4 Å². The molecule has 0 heterocycles. The molecule has 1 amide bonds. The van der Waals surface area contributed by atoms with Crippen LogP contribution in [0.1, 0.15) is 15.9 Å². The lowest BCUT2D eigenvalue weighted by Crippen LogP contribution is -3.06. The maximum atomic E-state index is 13.0. The van der Waals surface area contributed by atoms with Gasteiger partial charge in [0.25, 0.3) is 5.91 Å². The third-order valence-corrected chi connectivity index (χ3v) is 8.55. The number of alkyl halides is 3. The van der Waals surface area contributed by atoms with Gasteiger partial charge in [0.15, 0.2) is 9.84 Å². The second kappa shape index (κ2) is 3.78. The van der Waals surface area contributed by atoms with Gasteiger partial charge in [0, 0.05) is 24.0 Å². The molecule has 1 aromatic carbocycles. The molecule has 5 nitrogen and oxygen atoms in total. The minimum Gasteiger partial charge on any atom is -0.342 e. The van der Waals surface area contributed by atoms with E-state index in [1.165, 1.54) is 0 Å². The van der Waals surface area contributed by atoms with Crippen molar-refractivity contribution in [3.63, 3.8) is 0 Å². The lowest BCUT2D eigenvalue weighted by molar-refractivity contribution is -0.386. The van der Waals surface area contributed by atoms with Crippen LogP contribution in [0.3, 0.4) is 0 Å². The largest absolute Gasteiger partial charge is 0.416 e. The minimum absolute atomic E-state index is 0.110. The molecule has 9 heteroatoms. The Kier molecular flexibility index (Phi) is 2.20. The van der Waals surface area contributed by atoms with E-state index in [1.54, 1.807) is 0 Å². The number of amides is 1. The number of rotatable bonds is 3. The summed E-state index contributed by atoms with van der Waals surface area (Å²) in [7, 11) is -3.88. The molecule has 138 valence electrons. The molecule has 1 aromatic rings. The van der Waals surface area contributed by atoms with Crippen molar-refractivity contribution >= 4 is 15.7 Å². The zero-order valence-corrected chi connectivity index (χ0v) is 14.6. The van der Waals surface area contributed by atoms with Crippen LogP contribution in [0.2, 0.25) is 0 Å². The van der Waals surface area contributed by atoms with Crippen LogP contribution in [0, 0.1) is 40.4 Å². The zero-order valence-electron chi connectivity index (χ0n) is 13.8. The molecule has 1 N–H and O–H groups in total. The van der Waals surface area contributed by atoms with Crippen LogP contribution in [0.4, 0.5) is 13.2 Å². The number of nitrogens with zero attached hydrogens (tertiary/aromatic N) is 1. The maximum Gasteiger partial charge on any atom is 0.416 e. The number of hydrogen-bond acceptors (Lipinski definition) is 4. The third-order valence-electron chi connectivity index (χ3n) is 7.40. The zero-order chi connectivity index (χ0) is 19.3. The van der Waals surface area contributed by atoms with Crippen LogP contribution in [-0.2, 0) is 16.0 Å². The molecule has 6 aliphatic rings. The number of nitrogens with one attached hydrogen (secondary N) is 1. The number of carbonyl (C=O) groups excluding carboxylic acids is 1. The van der Waals surface area contributed by atoms with Crippen molar-refractivity contribution in [2.24, 2.45) is 29.1 Å². The average molecular weight is 392 g/mol. The van der Waals surface area contributed by atoms with Gasteiger partial charge in [-0.1, -0.05) is 0 Å². The van der Waals surface area contributed by atoms with Gasteiger partial charge in [-0.15, -0.1) is 0 Å². The van der Waals surface area contributed by atoms with Crippen molar-refractivity contribution in [3.05, 3.63) is 40.5 Å². The fourth-order valence-corrected chi connectivity index (χ4v) is 7.47. The van der Waals surface area contributed by atoms with Crippen molar-refractivity contribution in [1.29, 1.82) is 5.26 Å². The summed E-state index contributed by atoms with van der Waals surface area (Å²) in [6.07, 6.45) is -3.83. The van der Waals surface area contributed by atoms with Crippen molar-refractivity contribution in [1.82, 2.24) is 5.32 Å². The Morgan fingerprint density at radius 3 is 2.37 bits per heavy atom. The van der Waals surface area contributed by atoms with Gasteiger partial charge in [-0.05, 0) is 35.3 Å². The van der Waals surface area contributed by atoms with Gasteiger partial charge in [-0.3, -0.25) is 4.79 Å². The van der Waals surface area contributed by atoms with E-state index in [-0.39, 0.29) is 29.1 Å². The summed E-state index contributed by atoms with van der Waals surface area (Å²) < 4.78 is 63.0. The van der Waals surface area contributed by atoms with Crippen LogP contribution < -0.4 is 5.32 Å². The lowest BCUT2D eigenvalue weighted by atomic mass is 9.00. The van der Waals surface area contributed by atoms with Crippen LogP contribution >= 0.6 is 0 Å². The SMILES string of the molecule is CS(=O)(=O)c1ccc(C(F)(F)F)cc1C(=O)NC12C3=C4C1C1C2[C@@H]3[C@@]41C#N. The number of benzene rings is 1. The number of hydrogen-bond donors (Lipinski definition) is 1. The molecule has 27 heavy (non-hydrogen) atoms. The number of sulfone groups is 1. The highest BCUT2D eigenvalue weighted by atomic mass is 32.2. The van der Waals surface area contributed by atoms with Gasteiger partial charge in [0.05, 0.1) is 33.0 Å². The average Bonchev–Trinajstić information content (AvgIpc) is 2.60. The summed E-state index contributed by atoms with van der Waals surface area (Å²) >= 11 is 0. The summed E-state index contributed by atoms with van der Waals surface area (Å²) in [5, 5.41) is 12.2. The van der Waals surface area contributed by atoms with E-state index < -0.39 is 43.5 Å². The predicted octanol–water partition coefficient (Wildman–Crippen LogP) is 1.92. The molecular weight excluding hydrogens is 381 g/mol. The van der Waals surface area contributed by atoms with Crippen molar-refractivity contribution in [2.45, 2.75) is 16.6 Å². The third kappa shape index (κ3) is 1.24. The summed E-state index contributed by atoms with van der Waals surface area (Å²) in [6, 6.07) is 4.47. The Morgan fingerprint density at radius 2 is 1.93 bits per heavy atom. The van der Waals surface area contributed by atoms with E-state index in [4.69, 9.17) is 0 Å². The molecule has 0 saturated heterocycles. The Bertz CT molecular complexity index is 1200. The number of carbonyl (C=O) groups is 1. The van der Waals surface area contributed by atoms with Gasteiger partial charge in [0.2, 0.25) is 0 Å². The highest BCUT2D eigenvalue weighted by molar-refractivity contribution is 7.90. The molecule has 0 aromatic heterocycles. The molecule has 7 rings (SSSR count). The molecule has 6 aliphatic carbocycles. The predicted molar refractivity (Wildman–Crippen MR) is 83.8 cm³/mol. The summed E-state index contributed by atoms with van der Waals surface area (Å²) in [5.41, 5.74) is -0.242. The van der Waals surface area contributed by atoms with Crippen LogP contribution in [-0.4, -0.2) is 26.1 Å². The normalized spacial score (nSPS) is 41.1. The summed E-state index contributed by atoms with van der Waals surface area (Å²) in [6.45, 7) is 0. The Labute approximate surface area is 151 Å². The quantitative estimate of drug-likeness (QED) is 0.797. The molecule has 6 atom stereocenters. The molecule has 4 saturated carbocycles. The maximum absolute atomic E-state index is 13.0. The molecule has 4 fully saturated rings. The molecular formula is C18H11F3N2O3S. The Hall–Kier alpha value is -2.34. The molecule has 0 bridgehead atoms. The first kappa shape index (κ1) is 15.7. The molecule has 0 spiro atoms. The van der Waals surface area contributed by atoms with E-state index in [2.05, 4.69) is 11.4 Å². The van der Waals surface area contributed by atoms with E-state index in [1.807, 2.05) is 0 Å². The molecule has 0 aliphatic heterocycles. The lowest BCUT2D eigenvalue weighted by Gasteiger charge is -3.02. The van der Waals surface area contributed by atoms with Crippen LogP contribution in [0.15, 0.2) is 34.2 Å². The first-order valence-corrected chi connectivity index (χ1v) is 10.3. The van der Waals surface area contributed by atoms with Gasteiger partial charge in [-0.25, -0.2) is 8.42 Å². The second-order valence-corrected chi connectivity index (χ2v) is 10.1. The standard InChI is InChI=1S/C18H11F3N2O3S/c1-27(25,26)8-3-2-6(18(19,20)21)4-7(8)15(24)23-17-12-9-13(17)11-14(17)10(12)16(9,11)5-22/h2-4,9-10,12-13H,1H3,(H,23,24)/t9?,10-,12?,13?,16-,17?/m0/s1. The first-order chi connectivity index (χ1) is 12.5. The van der Waals surface area contributed by atoms with E-state index in [0.29, 0.717) is 12.1 Å². The van der Waals surface area contributed by atoms with Crippen LogP contribution in [0.25, 0.3) is 0 Å². The van der Waals surface area contributed by atoms with Gasteiger partial charge >= 0.3 is 6.18 Å². The second-order valence-electron chi connectivity index (χ2n) is 8.12. The number of nitriles is 1. The van der Waals surface area contributed by atoms with Crippen molar-refractivity contribution < 1.29 is 26.4 Å². The smallest absolute Gasteiger partial charge is 0.342 e. The van der Waals surface area contributed by atoms with Crippen LogP contribution in [0.5, 0.6) is 0 Å². The Morgan fingerprint density at radius 1 is 1.22 bits per heavy atom. The van der Waals surface area contributed by atoms with E-state index in [9.17, 15) is 31.6 Å². The van der Waals surface area contributed by atoms with Crippen molar-refractivity contribution in [2.75, 3.05) is 6.26 Å². The topological polar surface area (TPSA) is 87.0 Å². The van der Waals surface area contributed by atoms with Gasteiger partial charge < -0.3 is 5.32 Å². The van der Waals surface area contributed by atoms with Gasteiger partial charge in [0.1, 0.15) is 0 Å². The first-order valence-electron chi connectivity index (χ1n) is 8.41. The monoisotopic (exact) mass is 392 g/mol. The van der Waals surface area contributed by atoms with E-state index >= 15 is 0 Å². The summed E-state index contributed by atoms with van der Waals surface area (Å²) in [5.74, 6) is -0.0964. The Balaban J connectivity index is 1.38. The number of halogens is 3. The van der Waals surface area contributed by atoms with E-state index in [0.717, 1.165) is 23.5 Å². The van der Waals surface area contributed by atoms with Crippen molar-refractivity contribution in [3.8, 4) is 6.07 Å². The molecule has 0 radical (unpaired) electrons. The fourth-order valence-electron chi connectivity index (χ4n) is 6.60. The minimum atomic E-state index is -4.68. The highest BCUT2D eigenvalue weighted by Crippen LogP contribution is 3.03. The highest BCUT2D eigenvalue weighted by Gasteiger charge is 3.05.